The zero-order valence-electron chi connectivity index (χ0n) is 32.3. The number of para-hydroxylation sites is 1. The molecule has 0 aliphatic rings. The molecule has 0 amide bonds. The van der Waals surface area contributed by atoms with Gasteiger partial charge in [0.15, 0.2) is 5.82 Å². The quantitative estimate of drug-likeness (QED) is 0.178. The lowest BCUT2D eigenvalue weighted by Gasteiger charge is -2.16. The lowest BCUT2D eigenvalue weighted by atomic mass is 9.96. The number of hydrogen-bond donors (Lipinski definition) is 0. The van der Waals surface area contributed by atoms with Crippen LogP contribution < -0.4 is 0 Å². The van der Waals surface area contributed by atoms with Crippen molar-refractivity contribution in [1.29, 1.82) is 0 Å². The van der Waals surface area contributed by atoms with Gasteiger partial charge in [-0.25, -0.2) is 9.97 Å². The molecule has 13 aromatic rings. The second kappa shape index (κ2) is 12.9. The summed E-state index contributed by atoms with van der Waals surface area (Å²) in [5, 5.41) is 13.3. The molecule has 0 spiro atoms. The van der Waals surface area contributed by atoms with Crippen LogP contribution in [0.3, 0.4) is 0 Å². The van der Waals surface area contributed by atoms with Gasteiger partial charge in [-0.15, -0.1) is 11.3 Å². The fraction of sp³-hybridized carbons (Fsp3) is 0. The van der Waals surface area contributed by atoms with E-state index in [0.29, 0.717) is 0 Å². The normalized spacial score (nSPS) is 12.0. The third kappa shape index (κ3) is 5.01. The first-order valence-corrected chi connectivity index (χ1v) is 21.2. The van der Waals surface area contributed by atoms with Crippen LogP contribution in [0.25, 0.3) is 125 Å². The molecule has 0 bridgehead atoms. The van der Waals surface area contributed by atoms with Crippen LogP contribution in [0, 0.1) is 0 Å². The Morgan fingerprint density at radius 3 is 1.92 bits per heavy atom. The molecule has 0 atom stereocenters. The average Bonchev–Trinajstić information content (AvgIpc) is 3.84. The van der Waals surface area contributed by atoms with Crippen LogP contribution in [-0.4, -0.2) is 14.5 Å². The van der Waals surface area contributed by atoms with Crippen molar-refractivity contribution in [2.75, 3.05) is 0 Å². The van der Waals surface area contributed by atoms with E-state index in [1.54, 1.807) is 0 Å². The summed E-state index contributed by atoms with van der Waals surface area (Å²) in [6, 6.07) is 72.7. The minimum Gasteiger partial charge on any atom is -0.309 e. The monoisotopic (exact) mass is 779 g/mol. The van der Waals surface area contributed by atoms with Gasteiger partial charge in [-0.1, -0.05) is 146 Å². The SMILES string of the molecule is c1ccc2cc(-c3cccc4c3c3cc5ccccc5cc3n4-c3ccc(-c4nc(-c5ccc6c(c5)sc5ccccc56)c5ccccc5n4)c4ccccc34)ccc2c1. The molecule has 0 unspecified atom stereocenters. The van der Waals surface area contributed by atoms with E-state index in [-0.39, 0.29) is 0 Å². The predicted octanol–water partition coefficient (Wildman–Crippen LogP) is 15.6. The first-order valence-electron chi connectivity index (χ1n) is 20.4. The van der Waals surface area contributed by atoms with Crippen LogP contribution in [0.2, 0.25) is 0 Å². The zero-order valence-corrected chi connectivity index (χ0v) is 33.1. The van der Waals surface area contributed by atoms with Gasteiger partial charge in [0.1, 0.15) is 0 Å². The standard InChI is InChI=1S/C56H33N3S/c1-2-13-35-30-38(25-24-34(35)12-1)40-20-11-22-50-54(40)47-31-36-14-3-4-15-37(36)32-51(47)59(50)49-29-28-45(41-16-5-6-17-42(41)49)56-57-48-21-9-7-19-46(48)55(58-56)39-26-27-44-43-18-8-10-23-52(43)60-53(44)33-39/h1-33H. The molecule has 4 heteroatoms. The van der Waals surface area contributed by atoms with Gasteiger partial charge < -0.3 is 4.57 Å². The van der Waals surface area contributed by atoms with Crippen molar-refractivity contribution in [2.45, 2.75) is 0 Å². The van der Waals surface area contributed by atoms with Gasteiger partial charge >= 0.3 is 0 Å². The Balaban J connectivity index is 1.05. The van der Waals surface area contributed by atoms with E-state index in [9.17, 15) is 0 Å². The van der Waals surface area contributed by atoms with E-state index >= 15 is 0 Å². The fourth-order valence-electron chi connectivity index (χ4n) is 9.57. The van der Waals surface area contributed by atoms with Gasteiger partial charge in [0.2, 0.25) is 0 Å². The number of hydrogen-bond acceptors (Lipinski definition) is 3. The van der Waals surface area contributed by atoms with Gasteiger partial charge in [0, 0.05) is 52.8 Å². The number of nitrogens with zero attached hydrogens (tertiary/aromatic N) is 3. The molecule has 0 fully saturated rings. The second-order valence-electron chi connectivity index (χ2n) is 15.7. The maximum Gasteiger partial charge on any atom is 0.161 e. The smallest absolute Gasteiger partial charge is 0.161 e. The van der Waals surface area contributed by atoms with Crippen molar-refractivity contribution >= 4 is 96.5 Å². The first kappa shape index (κ1) is 33.3. The summed E-state index contributed by atoms with van der Waals surface area (Å²) in [7, 11) is 0. The zero-order chi connectivity index (χ0) is 39.3. The molecular weight excluding hydrogens is 747 g/mol. The second-order valence-corrected chi connectivity index (χ2v) is 16.8. The summed E-state index contributed by atoms with van der Waals surface area (Å²) < 4.78 is 5.03. The summed E-state index contributed by atoms with van der Waals surface area (Å²) in [4.78, 5) is 10.7. The fourth-order valence-corrected chi connectivity index (χ4v) is 10.7. The summed E-state index contributed by atoms with van der Waals surface area (Å²) in [5.74, 6) is 0.717. The third-order valence-electron chi connectivity index (χ3n) is 12.4. The Labute approximate surface area is 349 Å². The van der Waals surface area contributed by atoms with E-state index in [1.807, 2.05) is 11.3 Å². The van der Waals surface area contributed by atoms with E-state index < -0.39 is 0 Å². The number of thiophene rings is 1. The van der Waals surface area contributed by atoms with Crippen molar-refractivity contribution < 1.29 is 0 Å². The summed E-state index contributed by atoms with van der Waals surface area (Å²) in [6.07, 6.45) is 0. The number of rotatable bonds is 4. The molecule has 3 aromatic heterocycles. The molecule has 13 rings (SSSR count). The Bertz CT molecular complexity index is 3910. The number of fused-ring (bicyclic) bond motifs is 10. The van der Waals surface area contributed by atoms with Gasteiger partial charge in [-0.2, -0.15) is 0 Å². The van der Waals surface area contributed by atoms with Crippen molar-refractivity contribution in [3.8, 4) is 39.5 Å². The number of benzene rings is 10. The van der Waals surface area contributed by atoms with E-state index in [0.717, 1.165) is 50.0 Å². The molecule has 0 saturated carbocycles. The van der Waals surface area contributed by atoms with Crippen molar-refractivity contribution in [2.24, 2.45) is 0 Å². The van der Waals surface area contributed by atoms with Crippen LogP contribution >= 0.6 is 11.3 Å². The molecule has 0 aliphatic heterocycles. The van der Waals surface area contributed by atoms with Crippen LogP contribution in [0.15, 0.2) is 200 Å². The maximum atomic E-state index is 5.43. The largest absolute Gasteiger partial charge is 0.309 e. The Kier molecular flexibility index (Phi) is 7.18. The highest BCUT2D eigenvalue weighted by Crippen LogP contribution is 2.44. The van der Waals surface area contributed by atoms with Crippen LogP contribution in [0.5, 0.6) is 0 Å². The minimum absolute atomic E-state index is 0.717. The molecule has 10 aromatic carbocycles. The minimum atomic E-state index is 0.717. The van der Waals surface area contributed by atoms with Crippen LogP contribution in [0.4, 0.5) is 0 Å². The molecule has 0 radical (unpaired) electrons. The third-order valence-corrected chi connectivity index (χ3v) is 13.5. The van der Waals surface area contributed by atoms with Crippen LogP contribution in [-0.2, 0) is 0 Å². The molecule has 0 aliphatic carbocycles. The highest BCUT2D eigenvalue weighted by molar-refractivity contribution is 7.25. The Hall–Kier alpha value is -7.66. The van der Waals surface area contributed by atoms with Crippen LogP contribution in [0.1, 0.15) is 0 Å². The Morgan fingerprint density at radius 1 is 0.367 bits per heavy atom. The summed E-state index contributed by atoms with van der Waals surface area (Å²) in [6.45, 7) is 0. The molecule has 278 valence electrons. The average molecular weight is 780 g/mol. The topological polar surface area (TPSA) is 30.7 Å². The highest BCUT2D eigenvalue weighted by Gasteiger charge is 2.21. The van der Waals surface area contributed by atoms with E-state index in [2.05, 4.69) is 205 Å². The van der Waals surface area contributed by atoms with E-state index in [1.165, 1.54) is 74.6 Å². The van der Waals surface area contributed by atoms with Gasteiger partial charge in [0.05, 0.1) is 27.9 Å². The van der Waals surface area contributed by atoms with Gasteiger partial charge in [-0.05, 0) is 92.7 Å². The lowest BCUT2D eigenvalue weighted by molar-refractivity contribution is 1.19. The molecule has 3 heterocycles. The van der Waals surface area contributed by atoms with Gasteiger partial charge in [0.25, 0.3) is 0 Å². The van der Waals surface area contributed by atoms with Crippen molar-refractivity contribution in [3.05, 3.63) is 200 Å². The highest BCUT2D eigenvalue weighted by atomic mass is 32.1. The molecule has 0 N–H and O–H groups in total. The summed E-state index contributed by atoms with van der Waals surface area (Å²) in [5.41, 5.74) is 9.88. The maximum absolute atomic E-state index is 5.43. The van der Waals surface area contributed by atoms with Crippen molar-refractivity contribution in [3.63, 3.8) is 0 Å². The molecule has 0 saturated heterocycles. The number of aromatic nitrogens is 3. The molecule has 60 heavy (non-hydrogen) atoms. The predicted molar refractivity (Wildman–Crippen MR) is 256 cm³/mol. The van der Waals surface area contributed by atoms with Gasteiger partial charge in [-0.3, -0.25) is 0 Å². The first-order chi connectivity index (χ1) is 29.7. The molecular formula is C56H33N3S. The lowest BCUT2D eigenvalue weighted by Crippen LogP contribution is -1.99. The Morgan fingerprint density at radius 2 is 1.05 bits per heavy atom. The van der Waals surface area contributed by atoms with E-state index in [4.69, 9.17) is 9.97 Å². The summed E-state index contributed by atoms with van der Waals surface area (Å²) >= 11 is 1.83. The molecule has 3 nitrogen and oxygen atoms in total. The van der Waals surface area contributed by atoms with Crippen molar-refractivity contribution in [1.82, 2.24) is 14.5 Å².